The van der Waals surface area contributed by atoms with Gasteiger partial charge in [0.15, 0.2) is 5.60 Å². The van der Waals surface area contributed by atoms with Crippen molar-refractivity contribution in [1.29, 1.82) is 0 Å². The third-order valence-electron chi connectivity index (χ3n) is 5.32. The fraction of sp³-hybridized carbons (Fsp3) is 0.174. The van der Waals surface area contributed by atoms with Crippen LogP contribution >= 0.6 is 23.2 Å². The van der Waals surface area contributed by atoms with Crippen LogP contribution in [0.5, 0.6) is 0 Å². The molecule has 0 bridgehead atoms. The lowest BCUT2D eigenvalue weighted by Gasteiger charge is -2.37. The van der Waals surface area contributed by atoms with E-state index in [0.717, 1.165) is 18.3 Å². The monoisotopic (exact) mass is 512 g/mol. The van der Waals surface area contributed by atoms with Crippen molar-refractivity contribution < 1.29 is 33.0 Å². The first-order chi connectivity index (χ1) is 15.8. The van der Waals surface area contributed by atoms with Gasteiger partial charge in [0.05, 0.1) is 5.56 Å². The van der Waals surface area contributed by atoms with E-state index in [2.05, 4.69) is 10.3 Å². The first-order valence-electron chi connectivity index (χ1n) is 9.70. The summed E-state index contributed by atoms with van der Waals surface area (Å²) in [6.07, 6.45) is -4.02. The summed E-state index contributed by atoms with van der Waals surface area (Å²) in [4.78, 5) is 27.2. The number of alkyl halides is 3. The van der Waals surface area contributed by atoms with Crippen LogP contribution in [0, 0.1) is 0 Å². The molecule has 3 N–H and O–H groups in total. The van der Waals surface area contributed by atoms with Gasteiger partial charge in [0.1, 0.15) is 5.15 Å². The summed E-state index contributed by atoms with van der Waals surface area (Å²) in [6.45, 7) is 1.17. The highest BCUT2D eigenvalue weighted by Gasteiger charge is 2.59. The van der Waals surface area contributed by atoms with E-state index in [1.54, 1.807) is 0 Å². The Labute approximate surface area is 202 Å². The Kier molecular flexibility index (Phi) is 7.21. The number of nitrogens with one attached hydrogen (secondary N) is 1. The number of carboxylic acids is 1. The fourth-order valence-corrected chi connectivity index (χ4v) is 3.99. The molecule has 0 aliphatic carbocycles. The Bertz CT molecular complexity index is 1250. The number of benzene rings is 2. The van der Waals surface area contributed by atoms with Crippen molar-refractivity contribution in [1.82, 2.24) is 4.98 Å². The standard InChI is InChI=1S/C23H17Cl2F3N2O4/c1-12(22(34,23(26,27)28)15-7-8-29-19(25)10-15)17-6-5-16(11-18(17)24)30-20(31)13-3-2-4-14(9-13)21(32)33/h2-12,34H,1H3,(H,30,31)(H,32,33). The Morgan fingerprint density at radius 1 is 1.03 bits per heavy atom. The number of aromatic carboxylic acids is 1. The molecule has 1 aromatic heterocycles. The van der Waals surface area contributed by atoms with Crippen LogP contribution in [-0.2, 0) is 5.60 Å². The molecule has 3 rings (SSSR count). The summed E-state index contributed by atoms with van der Waals surface area (Å²) in [7, 11) is 0. The van der Waals surface area contributed by atoms with E-state index in [-0.39, 0.29) is 32.6 Å². The molecule has 2 atom stereocenters. The minimum absolute atomic E-state index is 0.0275. The van der Waals surface area contributed by atoms with Gasteiger partial charge < -0.3 is 15.5 Å². The molecule has 0 aliphatic heterocycles. The van der Waals surface area contributed by atoms with Gasteiger partial charge in [-0.1, -0.05) is 42.3 Å². The number of anilines is 1. The molecule has 0 saturated carbocycles. The van der Waals surface area contributed by atoms with Gasteiger partial charge in [-0.3, -0.25) is 4.79 Å². The van der Waals surface area contributed by atoms with Crippen LogP contribution in [0.2, 0.25) is 10.2 Å². The molecule has 34 heavy (non-hydrogen) atoms. The molecule has 0 radical (unpaired) electrons. The van der Waals surface area contributed by atoms with Crippen molar-refractivity contribution >= 4 is 40.8 Å². The molecule has 2 unspecified atom stereocenters. The Morgan fingerprint density at radius 3 is 2.29 bits per heavy atom. The number of carboxylic acid groups (broad SMARTS) is 1. The molecule has 1 heterocycles. The fourth-order valence-electron chi connectivity index (χ4n) is 3.48. The quantitative estimate of drug-likeness (QED) is 0.357. The van der Waals surface area contributed by atoms with E-state index in [0.29, 0.717) is 0 Å². The third-order valence-corrected chi connectivity index (χ3v) is 5.86. The number of amides is 1. The van der Waals surface area contributed by atoms with E-state index in [9.17, 15) is 27.9 Å². The Hall–Kier alpha value is -3.14. The van der Waals surface area contributed by atoms with Crippen LogP contribution in [0.4, 0.5) is 18.9 Å². The molecule has 1 amide bonds. The third kappa shape index (κ3) is 5.01. The lowest BCUT2D eigenvalue weighted by molar-refractivity contribution is -0.274. The molecular formula is C23H17Cl2F3N2O4. The van der Waals surface area contributed by atoms with Gasteiger partial charge in [-0.05, 0) is 53.6 Å². The zero-order valence-electron chi connectivity index (χ0n) is 17.4. The predicted octanol–water partition coefficient (Wildman–Crippen LogP) is 5.89. The predicted molar refractivity (Wildman–Crippen MR) is 120 cm³/mol. The highest BCUT2D eigenvalue weighted by atomic mass is 35.5. The average Bonchev–Trinajstić information content (AvgIpc) is 2.77. The molecule has 178 valence electrons. The number of hydrogen-bond donors (Lipinski definition) is 3. The Balaban J connectivity index is 1.92. The van der Waals surface area contributed by atoms with Gasteiger partial charge in [-0.15, -0.1) is 0 Å². The van der Waals surface area contributed by atoms with E-state index < -0.39 is 35.1 Å². The second-order valence-corrected chi connectivity index (χ2v) is 8.22. The summed E-state index contributed by atoms with van der Waals surface area (Å²) in [5.74, 6) is -3.41. The Morgan fingerprint density at radius 2 is 1.71 bits per heavy atom. The highest BCUT2D eigenvalue weighted by Crippen LogP contribution is 2.50. The number of halogens is 5. The van der Waals surface area contributed by atoms with Gasteiger partial charge in [0.25, 0.3) is 5.91 Å². The van der Waals surface area contributed by atoms with Crippen molar-refractivity contribution in [2.75, 3.05) is 5.32 Å². The summed E-state index contributed by atoms with van der Waals surface area (Å²) in [5.41, 5.74) is -3.72. The van der Waals surface area contributed by atoms with Crippen LogP contribution in [0.15, 0.2) is 60.8 Å². The maximum absolute atomic E-state index is 14.1. The summed E-state index contributed by atoms with van der Waals surface area (Å²) >= 11 is 12.0. The number of hydrogen-bond acceptors (Lipinski definition) is 4. The van der Waals surface area contributed by atoms with Crippen molar-refractivity contribution in [2.24, 2.45) is 0 Å². The highest BCUT2D eigenvalue weighted by molar-refractivity contribution is 6.32. The van der Waals surface area contributed by atoms with Crippen LogP contribution in [0.3, 0.4) is 0 Å². The summed E-state index contributed by atoms with van der Waals surface area (Å²) in [6, 6.07) is 11.1. The number of aliphatic hydroxyl groups is 1. The SMILES string of the molecule is CC(c1ccc(NC(=O)c2cccc(C(=O)O)c2)cc1Cl)C(O)(c1ccnc(Cl)c1)C(F)(F)F. The van der Waals surface area contributed by atoms with Gasteiger partial charge in [-0.25, -0.2) is 9.78 Å². The number of nitrogens with zero attached hydrogens (tertiary/aromatic N) is 1. The maximum atomic E-state index is 14.1. The van der Waals surface area contributed by atoms with Crippen LogP contribution < -0.4 is 5.32 Å². The van der Waals surface area contributed by atoms with E-state index >= 15 is 0 Å². The summed E-state index contributed by atoms with van der Waals surface area (Å²) < 4.78 is 42.2. The van der Waals surface area contributed by atoms with Gasteiger partial charge in [-0.2, -0.15) is 13.2 Å². The van der Waals surface area contributed by atoms with Crippen molar-refractivity contribution in [3.63, 3.8) is 0 Å². The number of pyridine rings is 1. The summed E-state index contributed by atoms with van der Waals surface area (Å²) in [5, 5.41) is 22.1. The molecular weight excluding hydrogens is 496 g/mol. The molecule has 0 saturated heterocycles. The van der Waals surface area contributed by atoms with Crippen LogP contribution in [0.1, 0.15) is 44.7 Å². The number of rotatable bonds is 6. The van der Waals surface area contributed by atoms with Gasteiger partial charge in [0.2, 0.25) is 0 Å². The molecule has 0 spiro atoms. The first-order valence-corrected chi connectivity index (χ1v) is 10.5. The van der Waals surface area contributed by atoms with E-state index in [1.165, 1.54) is 49.4 Å². The zero-order valence-corrected chi connectivity index (χ0v) is 18.9. The number of carbonyl (C=O) groups is 2. The molecule has 0 aliphatic rings. The maximum Gasteiger partial charge on any atom is 0.422 e. The van der Waals surface area contributed by atoms with Crippen molar-refractivity contribution in [2.45, 2.75) is 24.6 Å². The average molecular weight is 513 g/mol. The van der Waals surface area contributed by atoms with E-state index in [1.807, 2.05) is 0 Å². The molecule has 2 aromatic carbocycles. The lowest BCUT2D eigenvalue weighted by atomic mass is 9.78. The topological polar surface area (TPSA) is 99.5 Å². The largest absolute Gasteiger partial charge is 0.478 e. The lowest BCUT2D eigenvalue weighted by Crippen LogP contribution is -2.46. The minimum atomic E-state index is -5.08. The first kappa shape index (κ1) is 25.5. The van der Waals surface area contributed by atoms with Gasteiger partial charge >= 0.3 is 12.1 Å². The van der Waals surface area contributed by atoms with Crippen LogP contribution in [-0.4, -0.2) is 33.2 Å². The smallest absolute Gasteiger partial charge is 0.422 e. The second kappa shape index (κ2) is 9.61. The molecule has 11 heteroatoms. The zero-order chi connectivity index (χ0) is 25.3. The van der Waals surface area contributed by atoms with E-state index in [4.69, 9.17) is 28.3 Å². The minimum Gasteiger partial charge on any atom is -0.478 e. The van der Waals surface area contributed by atoms with Crippen molar-refractivity contribution in [3.8, 4) is 0 Å². The molecule has 0 fully saturated rings. The van der Waals surface area contributed by atoms with Crippen molar-refractivity contribution in [3.05, 3.63) is 93.2 Å². The van der Waals surface area contributed by atoms with Crippen LogP contribution in [0.25, 0.3) is 0 Å². The normalized spacial score (nSPS) is 14.2. The number of carbonyl (C=O) groups excluding carboxylic acids is 1. The molecule has 6 nitrogen and oxygen atoms in total. The second-order valence-electron chi connectivity index (χ2n) is 7.43. The van der Waals surface area contributed by atoms with Gasteiger partial charge in [0, 0.05) is 28.4 Å². The molecule has 3 aromatic rings. The number of aromatic nitrogens is 1.